The molecule has 1 saturated carbocycles. The van der Waals surface area contributed by atoms with Gasteiger partial charge in [0.15, 0.2) is 6.08 Å². The smallest absolute Gasteiger partial charge is 0.0624 e. The molecule has 1 spiro atoms. The molecule has 0 aromatic rings. The monoisotopic (exact) mass is 183 g/mol. The first-order valence-electron chi connectivity index (χ1n) is 5.57. The molecule has 0 aromatic heterocycles. The fourth-order valence-electron chi connectivity index (χ4n) is 3.00. The summed E-state index contributed by atoms with van der Waals surface area (Å²) in [5.74, 6) is 0.461. The predicted molar refractivity (Wildman–Crippen MR) is 58.6 cm³/mol. The maximum absolute atomic E-state index is 3.51. The maximum Gasteiger partial charge on any atom is 0.231 e. The Morgan fingerprint density at radius 3 is 2.86 bits per heavy atom. The molecule has 1 fully saturated rings. The third kappa shape index (κ3) is 1.04. The Bertz CT molecular complexity index is 346. The number of allylic oxidation sites excluding steroid dienone is 8. The third-order valence-electron chi connectivity index (χ3n) is 3.75. The molecule has 0 saturated heterocycles. The van der Waals surface area contributed by atoms with Crippen LogP contribution in [-0.2, 0) is 0 Å². The molecule has 0 heteroatoms. The van der Waals surface area contributed by atoms with Gasteiger partial charge in [0.1, 0.15) is 0 Å². The highest BCUT2D eigenvalue weighted by molar-refractivity contribution is 5.40. The van der Waals surface area contributed by atoms with Crippen LogP contribution in [0.1, 0.15) is 25.7 Å². The summed E-state index contributed by atoms with van der Waals surface area (Å²) in [4.78, 5) is 0. The van der Waals surface area contributed by atoms with Crippen LogP contribution in [0, 0.1) is 17.4 Å². The molecule has 0 bridgehead atoms. The average molecular weight is 183 g/mol. The molecular formula is C14H15+. The molecule has 0 amide bonds. The highest BCUT2D eigenvalue weighted by Crippen LogP contribution is 2.52. The van der Waals surface area contributed by atoms with Crippen molar-refractivity contribution in [3.63, 3.8) is 0 Å². The molecule has 1 atom stereocenters. The molecular weight excluding hydrogens is 168 g/mol. The van der Waals surface area contributed by atoms with Gasteiger partial charge in [-0.15, -0.1) is 0 Å². The Balaban J connectivity index is 2.03. The first-order valence-corrected chi connectivity index (χ1v) is 5.57. The van der Waals surface area contributed by atoms with E-state index in [9.17, 15) is 0 Å². The summed E-state index contributed by atoms with van der Waals surface area (Å²) in [6.07, 6.45) is 22.3. The zero-order valence-electron chi connectivity index (χ0n) is 8.37. The SMILES string of the molecule is [C+]1=CC2(CCCC2)C2=CC=CC=CC12. The van der Waals surface area contributed by atoms with Crippen LogP contribution < -0.4 is 0 Å². The van der Waals surface area contributed by atoms with E-state index in [2.05, 4.69) is 42.5 Å². The summed E-state index contributed by atoms with van der Waals surface area (Å²) in [5, 5.41) is 0. The molecule has 0 aromatic carbocycles. The Morgan fingerprint density at radius 2 is 2.00 bits per heavy atom. The van der Waals surface area contributed by atoms with Crippen molar-refractivity contribution in [3.05, 3.63) is 48.1 Å². The van der Waals surface area contributed by atoms with Crippen molar-refractivity contribution in [2.24, 2.45) is 11.3 Å². The van der Waals surface area contributed by atoms with Crippen LogP contribution in [0.4, 0.5) is 0 Å². The minimum atomic E-state index is 0.393. The van der Waals surface area contributed by atoms with E-state index in [1.165, 1.54) is 25.7 Å². The molecule has 3 aliphatic rings. The number of fused-ring (bicyclic) bond motifs is 2. The fraction of sp³-hybridized carbons (Fsp3) is 0.429. The van der Waals surface area contributed by atoms with Crippen LogP contribution >= 0.6 is 0 Å². The first-order chi connectivity index (χ1) is 6.91. The normalized spacial score (nSPS) is 31.4. The standard InChI is InChI=1S/C14H15/c1-2-6-12-8-11-14(9-4-5-10-14)13(12)7-3-1/h1-3,6-7,11-12H,4-5,9-10H2/q+1. The second-order valence-electron chi connectivity index (χ2n) is 4.54. The van der Waals surface area contributed by atoms with Crippen LogP contribution in [0.2, 0.25) is 0 Å². The number of hydrogen-bond acceptors (Lipinski definition) is 0. The Kier molecular flexibility index (Phi) is 1.72. The first kappa shape index (κ1) is 8.20. The summed E-state index contributed by atoms with van der Waals surface area (Å²) in [6.45, 7) is 0. The quantitative estimate of drug-likeness (QED) is 0.503. The molecule has 0 heterocycles. The second kappa shape index (κ2) is 2.93. The summed E-state index contributed by atoms with van der Waals surface area (Å²) in [7, 11) is 0. The van der Waals surface area contributed by atoms with E-state index >= 15 is 0 Å². The molecule has 3 rings (SSSR count). The van der Waals surface area contributed by atoms with Crippen molar-refractivity contribution in [3.8, 4) is 0 Å². The topological polar surface area (TPSA) is 0 Å². The summed E-state index contributed by atoms with van der Waals surface area (Å²) in [6, 6.07) is 0. The van der Waals surface area contributed by atoms with E-state index in [-0.39, 0.29) is 0 Å². The summed E-state index contributed by atoms with van der Waals surface area (Å²) >= 11 is 0. The van der Waals surface area contributed by atoms with Gasteiger partial charge in [0.05, 0.1) is 5.41 Å². The van der Waals surface area contributed by atoms with E-state index in [1.807, 2.05) is 0 Å². The molecule has 14 heavy (non-hydrogen) atoms. The molecule has 0 radical (unpaired) electrons. The lowest BCUT2D eigenvalue weighted by Gasteiger charge is -2.19. The summed E-state index contributed by atoms with van der Waals surface area (Å²) < 4.78 is 0. The highest BCUT2D eigenvalue weighted by atomic mass is 14.4. The van der Waals surface area contributed by atoms with Gasteiger partial charge in [0.2, 0.25) is 12.0 Å². The minimum Gasteiger partial charge on any atom is -0.0624 e. The van der Waals surface area contributed by atoms with E-state index < -0.39 is 0 Å². The Labute approximate surface area is 85.7 Å². The van der Waals surface area contributed by atoms with Gasteiger partial charge in [-0.3, -0.25) is 0 Å². The second-order valence-corrected chi connectivity index (χ2v) is 4.54. The number of hydrogen-bond donors (Lipinski definition) is 0. The largest absolute Gasteiger partial charge is 0.231 e. The van der Waals surface area contributed by atoms with Gasteiger partial charge in [-0.1, -0.05) is 37.1 Å². The Hall–Kier alpha value is -1.13. The van der Waals surface area contributed by atoms with E-state index in [1.54, 1.807) is 5.57 Å². The zero-order chi connectivity index (χ0) is 9.43. The van der Waals surface area contributed by atoms with Gasteiger partial charge in [-0.05, 0) is 18.9 Å². The van der Waals surface area contributed by atoms with Crippen LogP contribution in [-0.4, -0.2) is 0 Å². The zero-order valence-corrected chi connectivity index (χ0v) is 8.37. The van der Waals surface area contributed by atoms with Gasteiger partial charge < -0.3 is 0 Å². The summed E-state index contributed by atoms with van der Waals surface area (Å²) in [5.41, 5.74) is 1.98. The van der Waals surface area contributed by atoms with Crippen LogP contribution in [0.15, 0.2) is 42.0 Å². The molecule has 3 aliphatic carbocycles. The van der Waals surface area contributed by atoms with Crippen molar-refractivity contribution in [1.29, 1.82) is 0 Å². The van der Waals surface area contributed by atoms with Crippen molar-refractivity contribution in [1.82, 2.24) is 0 Å². The van der Waals surface area contributed by atoms with Crippen molar-refractivity contribution in [2.75, 3.05) is 0 Å². The maximum atomic E-state index is 3.51. The van der Waals surface area contributed by atoms with Crippen molar-refractivity contribution >= 4 is 0 Å². The van der Waals surface area contributed by atoms with E-state index in [0.717, 1.165) is 0 Å². The van der Waals surface area contributed by atoms with Crippen LogP contribution in [0.5, 0.6) is 0 Å². The molecule has 0 aliphatic heterocycles. The van der Waals surface area contributed by atoms with Gasteiger partial charge >= 0.3 is 0 Å². The molecule has 70 valence electrons. The van der Waals surface area contributed by atoms with Gasteiger partial charge in [0.25, 0.3) is 0 Å². The van der Waals surface area contributed by atoms with E-state index in [0.29, 0.717) is 11.3 Å². The van der Waals surface area contributed by atoms with Gasteiger partial charge in [0, 0.05) is 5.57 Å². The van der Waals surface area contributed by atoms with Crippen molar-refractivity contribution < 1.29 is 0 Å². The van der Waals surface area contributed by atoms with Crippen LogP contribution in [0.3, 0.4) is 0 Å². The van der Waals surface area contributed by atoms with Gasteiger partial charge in [-0.25, -0.2) is 0 Å². The average Bonchev–Trinajstić information content (AvgIpc) is 2.72. The molecule has 0 nitrogen and oxygen atoms in total. The lowest BCUT2D eigenvalue weighted by atomic mass is 9.78. The fourth-order valence-corrected chi connectivity index (χ4v) is 3.00. The van der Waals surface area contributed by atoms with Crippen molar-refractivity contribution in [2.45, 2.75) is 25.7 Å². The third-order valence-corrected chi connectivity index (χ3v) is 3.75. The van der Waals surface area contributed by atoms with Crippen LogP contribution in [0.25, 0.3) is 0 Å². The molecule has 1 unspecified atom stereocenters. The lowest BCUT2D eigenvalue weighted by Crippen LogP contribution is -2.15. The number of rotatable bonds is 0. The minimum absolute atomic E-state index is 0.393. The van der Waals surface area contributed by atoms with E-state index in [4.69, 9.17) is 0 Å². The molecule has 0 N–H and O–H groups in total. The highest BCUT2D eigenvalue weighted by Gasteiger charge is 2.49. The Morgan fingerprint density at radius 1 is 1.14 bits per heavy atom. The van der Waals surface area contributed by atoms with Gasteiger partial charge in [-0.2, -0.15) is 0 Å². The lowest BCUT2D eigenvalue weighted by molar-refractivity contribution is 0.477. The predicted octanol–water partition coefficient (Wildman–Crippen LogP) is 3.59.